The van der Waals surface area contributed by atoms with Crippen molar-refractivity contribution in [3.63, 3.8) is 0 Å². The number of nitro groups is 1. The molecule has 0 bridgehead atoms. The molecule has 1 aliphatic heterocycles. The predicted octanol–water partition coefficient (Wildman–Crippen LogP) is 0.589. The molecule has 2 unspecified atom stereocenters. The zero-order chi connectivity index (χ0) is 14.2. The van der Waals surface area contributed by atoms with Gasteiger partial charge in [-0.1, -0.05) is 0 Å². The summed E-state index contributed by atoms with van der Waals surface area (Å²) in [6, 6.07) is 0. The van der Waals surface area contributed by atoms with Crippen molar-refractivity contribution in [3.8, 4) is 0 Å². The van der Waals surface area contributed by atoms with Crippen molar-refractivity contribution in [1.29, 1.82) is 0 Å². The molecule has 1 aliphatic rings. The summed E-state index contributed by atoms with van der Waals surface area (Å²) in [4.78, 5) is 10.6. The minimum absolute atomic E-state index is 0.0577. The molecule has 106 valence electrons. The Morgan fingerprint density at radius 2 is 2.42 bits per heavy atom. The second-order valence-electron chi connectivity index (χ2n) is 4.88. The fourth-order valence-electron chi connectivity index (χ4n) is 2.30. The molecule has 8 heteroatoms. The molecule has 0 radical (unpaired) electrons. The second-order valence-corrected chi connectivity index (χ2v) is 4.88. The predicted molar refractivity (Wildman–Crippen MR) is 68.1 cm³/mol. The van der Waals surface area contributed by atoms with Crippen molar-refractivity contribution in [3.05, 3.63) is 15.8 Å². The van der Waals surface area contributed by atoms with Crippen LogP contribution in [0.2, 0.25) is 0 Å². The van der Waals surface area contributed by atoms with Crippen LogP contribution in [0.1, 0.15) is 19.0 Å². The normalized spacial score (nSPS) is 26.6. The molecule has 0 saturated carbocycles. The minimum atomic E-state index is -1.01. The first-order valence-corrected chi connectivity index (χ1v) is 6.11. The highest BCUT2D eigenvalue weighted by molar-refractivity contribution is 5.59. The van der Waals surface area contributed by atoms with Crippen molar-refractivity contribution >= 4 is 11.5 Å². The number of ether oxygens (including phenoxy) is 1. The molecule has 0 aromatic carbocycles. The number of anilines is 1. The fraction of sp³-hybridized carbons (Fsp3) is 0.727. The Kier molecular flexibility index (Phi) is 3.46. The van der Waals surface area contributed by atoms with Crippen LogP contribution in [0.25, 0.3) is 0 Å². The van der Waals surface area contributed by atoms with Crippen molar-refractivity contribution in [2.24, 2.45) is 7.05 Å². The molecule has 19 heavy (non-hydrogen) atoms. The SMILES string of the molecule is Cc1nn(C)c(NCC2(O)CCOC2C)c1[N+](=O)[O-]. The maximum atomic E-state index is 11.0. The molecule has 2 N–H and O–H groups in total. The molecular formula is C11H18N4O4. The molecule has 1 aromatic rings. The molecule has 0 amide bonds. The van der Waals surface area contributed by atoms with E-state index < -0.39 is 10.5 Å². The number of aromatic nitrogens is 2. The lowest BCUT2D eigenvalue weighted by Crippen LogP contribution is -2.43. The summed E-state index contributed by atoms with van der Waals surface area (Å²) in [5, 5.41) is 28.3. The third-order valence-electron chi connectivity index (χ3n) is 3.59. The monoisotopic (exact) mass is 270 g/mol. The number of rotatable bonds is 4. The van der Waals surface area contributed by atoms with Gasteiger partial charge >= 0.3 is 5.69 Å². The van der Waals surface area contributed by atoms with E-state index in [1.807, 2.05) is 0 Å². The summed E-state index contributed by atoms with van der Waals surface area (Å²) in [5.41, 5.74) is -0.721. The number of hydrogen-bond donors (Lipinski definition) is 2. The van der Waals surface area contributed by atoms with Crippen LogP contribution in [-0.4, -0.2) is 44.7 Å². The van der Waals surface area contributed by atoms with E-state index >= 15 is 0 Å². The second kappa shape index (κ2) is 4.78. The van der Waals surface area contributed by atoms with Gasteiger partial charge in [-0.05, 0) is 13.8 Å². The van der Waals surface area contributed by atoms with Crippen LogP contribution >= 0.6 is 0 Å². The average molecular weight is 270 g/mol. The van der Waals surface area contributed by atoms with Crippen LogP contribution in [-0.2, 0) is 11.8 Å². The van der Waals surface area contributed by atoms with E-state index in [0.717, 1.165) is 0 Å². The zero-order valence-corrected chi connectivity index (χ0v) is 11.2. The van der Waals surface area contributed by atoms with Gasteiger partial charge in [-0.15, -0.1) is 0 Å². The molecular weight excluding hydrogens is 252 g/mol. The fourth-order valence-corrected chi connectivity index (χ4v) is 2.30. The highest BCUT2D eigenvalue weighted by Gasteiger charge is 2.40. The lowest BCUT2D eigenvalue weighted by atomic mass is 9.97. The maximum Gasteiger partial charge on any atom is 0.333 e. The van der Waals surface area contributed by atoms with Crippen LogP contribution < -0.4 is 5.32 Å². The number of aryl methyl sites for hydroxylation is 2. The smallest absolute Gasteiger partial charge is 0.333 e. The summed E-state index contributed by atoms with van der Waals surface area (Å²) in [7, 11) is 1.63. The molecule has 2 atom stereocenters. The van der Waals surface area contributed by atoms with Gasteiger partial charge in [0.05, 0.1) is 11.0 Å². The summed E-state index contributed by atoms with van der Waals surface area (Å²) in [6.45, 7) is 4.05. The average Bonchev–Trinajstić information content (AvgIpc) is 2.78. The molecule has 2 heterocycles. The van der Waals surface area contributed by atoms with Gasteiger partial charge in [-0.3, -0.25) is 10.1 Å². The van der Waals surface area contributed by atoms with Crippen LogP contribution in [0, 0.1) is 17.0 Å². The zero-order valence-electron chi connectivity index (χ0n) is 11.2. The minimum Gasteiger partial charge on any atom is -0.385 e. The third-order valence-corrected chi connectivity index (χ3v) is 3.59. The van der Waals surface area contributed by atoms with E-state index in [-0.39, 0.29) is 18.3 Å². The Hall–Kier alpha value is -1.67. The Morgan fingerprint density at radius 3 is 2.95 bits per heavy atom. The summed E-state index contributed by atoms with van der Waals surface area (Å²) in [5.74, 6) is 0.301. The van der Waals surface area contributed by atoms with Gasteiger partial charge in [0.2, 0.25) is 5.82 Å². The number of nitrogens with zero attached hydrogens (tertiary/aromatic N) is 3. The summed E-state index contributed by atoms with van der Waals surface area (Å²) >= 11 is 0. The highest BCUT2D eigenvalue weighted by atomic mass is 16.6. The van der Waals surface area contributed by atoms with E-state index in [9.17, 15) is 15.2 Å². The molecule has 0 aliphatic carbocycles. The van der Waals surface area contributed by atoms with Crippen LogP contribution in [0.4, 0.5) is 11.5 Å². The van der Waals surface area contributed by atoms with E-state index in [1.54, 1.807) is 20.9 Å². The van der Waals surface area contributed by atoms with Crippen LogP contribution in [0.15, 0.2) is 0 Å². The van der Waals surface area contributed by atoms with Crippen molar-refractivity contribution in [2.45, 2.75) is 32.0 Å². The third kappa shape index (κ3) is 2.41. The molecule has 2 rings (SSSR count). The van der Waals surface area contributed by atoms with E-state index in [1.165, 1.54) is 4.68 Å². The maximum absolute atomic E-state index is 11.0. The summed E-state index contributed by atoms with van der Waals surface area (Å²) in [6.07, 6.45) is 0.208. The van der Waals surface area contributed by atoms with Gasteiger partial charge in [-0.2, -0.15) is 5.10 Å². The van der Waals surface area contributed by atoms with Gasteiger partial charge in [0.15, 0.2) is 0 Å². The van der Waals surface area contributed by atoms with Gasteiger partial charge in [0.25, 0.3) is 0 Å². The lowest BCUT2D eigenvalue weighted by Gasteiger charge is -2.26. The lowest BCUT2D eigenvalue weighted by molar-refractivity contribution is -0.384. The highest BCUT2D eigenvalue weighted by Crippen LogP contribution is 2.30. The standard InChI is InChI=1S/C11H18N4O4/c1-7-9(15(17)18)10(14(3)13-7)12-6-11(16)4-5-19-8(11)2/h8,12,16H,4-6H2,1-3H3. The van der Waals surface area contributed by atoms with Crippen molar-refractivity contribution in [1.82, 2.24) is 9.78 Å². The molecule has 1 fully saturated rings. The van der Waals surface area contributed by atoms with E-state index in [0.29, 0.717) is 24.5 Å². The number of nitrogens with one attached hydrogen (secondary N) is 1. The Bertz CT molecular complexity index is 501. The van der Waals surface area contributed by atoms with E-state index in [4.69, 9.17) is 4.74 Å². The summed E-state index contributed by atoms with van der Waals surface area (Å²) < 4.78 is 6.74. The molecule has 8 nitrogen and oxygen atoms in total. The molecule has 1 saturated heterocycles. The Morgan fingerprint density at radius 1 is 1.74 bits per heavy atom. The largest absolute Gasteiger partial charge is 0.385 e. The quantitative estimate of drug-likeness (QED) is 0.613. The van der Waals surface area contributed by atoms with Crippen LogP contribution in [0.3, 0.4) is 0 Å². The van der Waals surface area contributed by atoms with Crippen molar-refractivity contribution < 1.29 is 14.8 Å². The molecule has 0 spiro atoms. The van der Waals surface area contributed by atoms with E-state index in [2.05, 4.69) is 10.4 Å². The Balaban J connectivity index is 2.18. The number of hydrogen-bond acceptors (Lipinski definition) is 6. The first-order chi connectivity index (χ1) is 8.85. The number of aliphatic hydroxyl groups is 1. The van der Waals surface area contributed by atoms with Gasteiger partial charge < -0.3 is 15.2 Å². The Labute approximate surface area is 110 Å². The molecule has 1 aromatic heterocycles. The van der Waals surface area contributed by atoms with Gasteiger partial charge in [-0.25, -0.2) is 4.68 Å². The van der Waals surface area contributed by atoms with Crippen molar-refractivity contribution in [2.75, 3.05) is 18.5 Å². The van der Waals surface area contributed by atoms with Crippen LogP contribution in [0.5, 0.6) is 0 Å². The van der Waals surface area contributed by atoms with Gasteiger partial charge in [0.1, 0.15) is 11.3 Å². The first-order valence-electron chi connectivity index (χ1n) is 6.11. The topological polar surface area (TPSA) is 102 Å². The first kappa shape index (κ1) is 13.8. The van der Waals surface area contributed by atoms with Gasteiger partial charge in [0, 0.05) is 26.6 Å².